The average Bonchev–Trinajstić information content (AvgIpc) is 2.94. The first kappa shape index (κ1) is 15.8. The molecule has 0 fully saturated rings. The van der Waals surface area contributed by atoms with Crippen LogP contribution in [0.15, 0.2) is 60.7 Å². The smallest absolute Gasteiger partial charge is 0.100 e. The van der Waals surface area contributed by atoms with Crippen molar-refractivity contribution in [2.75, 3.05) is 16.5 Å². The van der Waals surface area contributed by atoms with Crippen molar-refractivity contribution in [1.82, 2.24) is 0 Å². The quantitative estimate of drug-likeness (QED) is 0.555. The molecule has 0 atom stereocenters. The molecule has 0 unspecified atom stereocenters. The molecule has 0 saturated carbocycles. The van der Waals surface area contributed by atoms with Crippen LogP contribution in [0.25, 0.3) is 0 Å². The van der Waals surface area contributed by atoms with Gasteiger partial charge >= 0.3 is 0 Å². The number of hydrogen-bond donors (Lipinski definition) is 0. The monoisotopic (exact) mass is 328 g/mol. The molecule has 0 N–H and O–H groups in total. The maximum atomic E-state index is 2.45. The fourth-order valence-corrected chi connectivity index (χ4v) is 4.06. The van der Waals surface area contributed by atoms with E-state index in [0.717, 1.165) is 6.67 Å². The van der Waals surface area contributed by atoms with E-state index in [9.17, 15) is 0 Å². The summed E-state index contributed by atoms with van der Waals surface area (Å²) >= 11 is 0. The summed E-state index contributed by atoms with van der Waals surface area (Å²) < 4.78 is 0. The SMILES string of the molecule is Cc1cccc(C)c1N1CN(c2c(C)cccc2C)c2ccccc21. The molecule has 3 aromatic carbocycles. The maximum Gasteiger partial charge on any atom is 0.100 e. The van der Waals surface area contributed by atoms with Crippen molar-refractivity contribution in [3.8, 4) is 0 Å². The highest BCUT2D eigenvalue weighted by atomic mass is 15.4. The molecule has 0 saturated heterocycles. The van der Waals surface area contributed by atoms with Gasteiger partial charge in [-0.15, -0.1) is 0 Å². The zero-order valence-electron chi connectivity index (χ0n) is 15.4. The van der Waals surface area contributed by atoms with Crippen molar-refractivity contribution < 1.29 is 0 Å². The maximum absolute atomic E-state index is 2.45. The van der Waals surface area contributed by atoms with Crippen LogP contribution in [-0.4, -0.2) is 6.67 Å². The normalized spacial score (nSPS) is 13.3. The zero-order valence-corrected chi connectivity index (χ0v) is 15.4. The highest BCUT2D eigenvalue weighted by Crippen LogP contribution is 2.46. The molecular weight excluding hydrogens is 304 g/mol. The van der Waals surface area contributed by atoms with Crippen molar-refractivity contribution in [3.63, 3.8) is 0 Å². The van der Waals surface area contributed by atoms with Gasteiger partial charge in [0.2, 0.25) is 0 Å². The molecule has 25 heavy (non-hydrogen) atoms. The lowest BCUT2D eigenvalue weighted by Gasteiger charge is -2.26. The fourth-order valence-electron chi connectivity index (χ4n) is 4.06. The first-order valence-corrected chi connectivity index (χ1v) is 8.84. The lowest BCUT2D eigenvalue weighted by atomic mass is 10.1. The van der Waals surface area contributed by atoms with Gasteiger partial charge in [-0.2, -0.15) is 0 Å². The third-order valence-electron chi connectivity index (χ3n) is 5.16. The van der Waals surface area contributed by atoms with Crippen LogP contribution in [0.2, 0.25) is 0 Å². The van der Waals surface area contributed by atoms with Crippen molar-refractivity contribution in [2.24, 2.45) is 0 Å². The van der Waals surface area contributed by atoms with Crippen LogP contribution < -0.4 is 9.80 Å². The second-order valence-electron chi connectivity index (χ2n) is 6.97. The summed E-state index contributed by atoms with van der Waals surface area (Å²) in [4.78, 5) is 4.90. The summed E-state index contributed by atoms with van der Waals surface area (Å²) in [5.41, 5.74) is 10.5. The highest BCUT2D eigenvalue weighted by Gasteiger charge is 2.30. The summed E-state index contributed by atoms with van der Waals surface area (Å²) in [7, 11) is 0. The van der Waals surface area contributed by atoms with Gasteiger partial charge in [0.1, 0.15) is 6.67 Å². The van der Waals surface area contributed by atoms with E-state index in [1.165, 1.54) is 45.0 Å². The Balaban J connectivity index is 1.90. The average molecular weight is 328 g/mol. The number of rotatable bonds is 2. The molecule has 3 aromatic rings. The van der Waals surface area contributed by atoms with Crippen LogP contribution in [0.1, 0.15) is 22.3 Å². The lowest BCUT2D eigenvalue weighted by Crippen LogP contribution is -2.26. The minimum atomic E-state index is 0.844. The van der Waals surface area contributed by atoms with Crippen LogP contribution in [0.3, 0.4) is 0 Å². The topological polar surface area (TPSA) is 6.48 Å². The van der Waals surface area contributed by atoms with Crippen molar-refractivity contribution in [2.45, 2.75) is 27.7 Å². The van der Waals surface area contributed by atoms with Crippen molar-refractivity contribution in [3.05, 3.63) is 82.9 Å². The van der Waals surface area contributed by atoms with Gasteiger partial charge in [0.05, 0.1) is 11.4 Å². The molecule has 0 aromatic heterocycles. The third-order valence-corrected chi connectivity index (χ3v) is 5.16. The van der Waals surface area contributed by atoms with Crippen LogP contribution in [0, 0.1) is 27.7 Å². The van der Waals surface area contributed by atoms with E-state index < -0.39 is 0 Å². The van der Waals surface area contributed by atoms with Gasteiger partial charge < -0.3 is 9.80 Å². The van der Waals surface area contributed by atoms with Gasteiger partial charge in [-0.1, -0.05) is 48.5 Å². The molecule has 0 amide bonds. The van der Waals surface area contributed by atoms with Crippen molar-refractivity contribution >= 4 is 22.7 Å². The molecule has 2 nitrogen and oxygen atoms in total. The molecule has 126 valence electrons. The van der Waals surface area contributed by atoms with Crippen LogP contribution in [0.4, 0.5) is 22.7 Å². The molecular formula is C23H24N2. The van der Waals surface area contributed by atoms with Crippen LogP contribution >= 0.6 is 0 Å². The third kappa shape index (κ3) is 2.49. The number of benzene rings is 3. The largest absolute Gasteiger partial charge is 0.320 e. The van der Waals surface area contributed by atoms with Crippen LogP contribution in [-0.2, 0) is 0 Å². The standard InChI is InChI=1S/C23H24N2/c1-16-9-7-10-17(2)22(16)24-15-25(21-14-6-5-13-20(21)24)23-18(3)11-8-12-19(23)4/h5-14H,15H2,1-4H3. The number of hydrogen-bond acceptors (Lipinski definition) is 2. The Morgan fingerprint density at radius 3 is 1.24 bits per heavy atom. The van der Waals surface area contributed by atoms with Gasteiger partial charge in [0.25, 0.3) is 0 Å². The molecule has 1 aliphatic rings. The van der Waals surface area contributed by atoms with E-state index in [1.807, 2.05) is 0 Å². The number of fused-ring (bicyclic) bond motifs is 1. The summed E-state index contributed by atoms with van der Waals surface area (Å²) in [6, 6.07) is 21.8. The fraction of sp³-hybridized carbons (Fsp3) is 0.217. The molecule has 1 heterocycles. The number of anilines is 4. The second kappa shape index (κ2) is 5.96. The van der Waals surface area contributed by atoms with E-state index in [-0.39, 0.29) is 0 Å². The Kier molecular flexibility index (Phi) is 3.76. The Bertz CT molecular complexity index is 826. The Morgan fingerprint density at radius 2 is 0.880 bits per heavy atom. The van der Waals surface area contributed by atoms with E-state index in [1.54, 1.807) is 0 Å². The summed E-state index contributed by atoms with van der Waals surface area (Å²) in [5, 5.41) is 0. The minimum Gasteiger partial charge on any atom is -0.320 e. The summed E-state index contributed by atoms with van der Waals surface area (Å²) in [6.07, 6.45) is 0. The molecule has 0 spiro atoms. The molecule has 0 aliphatic carbocycles. The van der Waals surface area contributed by atoms with Gasteiger partial charge in [-0.25, -0.2) is 0 Å². The molecule has 4 rings (SSSR count). The Morgan fingerprint density at radius 1 is 0.520 bits per heavy atom. The summed E-state index contributed by atoms with van der Waals surface area (Å²) in [5.74, 6) is 0. The Labute approximate surface area is 150 Å². The summed E-state index contributed by atoms with van der Waals surface area (Å²) in [6.45, 7) is 9.65. The molecule has 1 aliphatic heterocycles. The lowest BCUT2D eigenvalue weighted by molar-refractivity contribution is 0.970. The minimum absolute atomic E-state index is 0.844. The second-order valence-corrected chi connectivity index (χ2v) is 6.97. The van der Waals surface area contributed by atoms with Crippen molar-refractivity contribution in [1.29, 1.82) is 0 Å². The van der Waals surface area contributed by atoms with Gasteiger partial charge in [0, 0.05) is 11.4 Å². The van der Waals surface area contributed by atoms with E-state index in [2.05, 4.69) is 98.2 Å². The number of aryl methyl sites for hydroxylation is 4. The predicted octanol–water partition coefficient (Wildman–Crippen LogP) is 6.17. The Hall–Kier alpha value is -2.74. The number of para-hydroxylation sites is 4. The van der Waals surface area contributed by atoms with Crippen LogP contribution in [0.5, 0.6) is 0 Å². The van der Waals surface area contributed by atoms with E-state index in [4.69, 9.17) is 0 Å². The molecule has 2 heteroatoms. The molecule has 0 bridgehead atoms. The van der Waals surface area contributed by atoms with Gasteiger partial charge in [-0.3, -0.25) is 0 Å². The van der Waals surface area contributed by atoms with E-state index in [0.29, 0.717) is 0 Å². The zero-order chi connectivity index (χ0) is 17.6. The predicted molar refractivity (Wildman–Crippen MR) is 107 cm³/mol. The molecule has 0 radical (unpaired) electrons. The van der Waals surface area contributed by atoms with Gasteiger partial charge in [-0.05, 0) is 62.1 Å². The van der Waals surface area contributed by atoms with Gasteiger partial charge in [0.15, 0.2) is 0 Å². The van der Waals surface area contributed by atoms with E-state index >= 15 is 0 Å². The first-order valence-electron chi connectivity index (χ1n) is 8.84. The number of nitrogens with zero attached hydrogens (tertiary/aromatic N) is 2. The highest BCUT2D eigenvalue weighted by molar-refractivity contribution is 5.89. The first-order chi connectivity index (χ1) is 12.1.